The van der Waals surface area contributed by atoms with Gasteiger partial charge in [0, 0.05) is 6.54 Å². The van der Waals surface area contributed by atoms with Gasteiger partial charge in [0.05, 0.1) is 12.0 Å². The van der Waals surface area contributed by atoms with Crippen molar-refractivity contribution < 1.29 is 4.79 Å². The maximum absolute atomic E-state index is 11.9. The standard InChI is InChI=1S/C10H17N5O/c1-6-3-11-4-8(6)10(16)14-7(2)9-12-5-13-15-9/h5-8,11H,3-4H2,1-2H3,(H,14,16)(H,12,13,15). The van der Waals surface area contributed by atoms with Crippen molar-refractivity contribution in [2.75, 3.05) is 13.1 Å². The second-order valence-corrected chi connectivity index (χ2v) is 4.34. The van der Waals surface area contributed by atoms with Crippen LogP contribution in [0.15, 0.2) is 6.33 Å². The number of aromatic amines is 1. The fourth-order valence-electron chi connectivity index (χ4n) is 1.97. The van der Waals surface area contributed by atoms with Crippen LogP contribution in [0.5, 0.6) is 0 Å². The second-order valence-electron chi connectivity index (χ2n) is 4.34. The van der Waals surface area contributed by atoms with Gasteiger partial charge in [0.2, 0.25) is 5.91 Å². The first-order chi connectivity index (χ1) is 7.68. The summed E-state index contributed by atoms with van der Waals surface area (Å²) in [4.78, 5) is 16.0. The molecule has 16 heavy (non-hydrogen) atoms. The van der Waals surface area contributed by atoms with Gasteiger partial charge in [0.15, 0.2) is 0 Å². The van der Waals surface area contributed by atoms with E-state index in [0.29, 0.717) is 11.7 Å². The molecule has 1 saturated heterocycles. The Morgan fingerprint density at radius 2 is 2.44 bits per heavy atom. The maximum atomic E-state index is 11.9. The minimum atomic E-state index is -0.122. The molecule has 3 unspecified atom stereocenters. The Labute approximate surface area is 94.2 Å². The Morgan fingerprint density at radius 3 is 3.00 bits per heavy atom. The lowest BCUT2D eigenvalue weighted by atomic mass is 9.97. The van der Waals surface area contributed by atoms with Crippen LogP contribution in [0, 0.1) is 11.8 Å². The van der Waals surface area contributed by atoms with Gasteiger partial charge in [-0.15, -0.1) is 0 Å². The van der Waals surface area contributed by atoms with Crippen molar-refractivity contribution in [3.05, 3.63) is 12.2 Å². The summed E-state index contributed by atoms with van der Waals surface area (Å²) in [5.74, 6) is 1.22. The highest BCUT2D eigenvalue weighted by molar-refractivity contribution is 5.79. The van der Waals surface area contributed by atoms with Crippen LogP contribution in [0.3, 0.4) is 0 Å². The first-order valence-corrected chi connectivity index (χ1v) is 5.55. The lowest BCUT2D eigenvalue weighted by Crippen LogP contribution is -2.36. The van der Waals surface area contributed by atoms with Gasteiger partial charge < -0.3 is 10.6 Å². The number of amides is 1. The molecule has 0 radical (unpaired) electrons. The molecule has 3 atom stereocenters. The van der Waals surface area contributed by atoms with Crippen molar-refractivity contribution in [1.29, 1.82) is 0 Å². The Hall–Kier alpha value is -1.43. The van der Waals surface area contributed by atoms with Crippen molar-refractivity contribution >= 4 is 5.91 Å². The smallest absolute Gasteiger partial charge is 0.225 e. The molecule has 1 aromatic rings. The van der Waals surface area contributed by atoms with Crippen LogP contribution < -0.4 is 10.6 Å². The predicted octanol–water partition coefficient (Wildman–Crippen LogP) is -0.163. The zero-order chi connectivity index (χ0) is 11.5. The first-order valence-electron chi connectivity index (χ1n) is 5.55. The molecule has 0 bridgehead atoms. The molecule has 0 saturated carbocycles. The van der Waals surface area contributed by atoms with Gasteiger partial charge in [0.25, 0.3) is 0 Å². The molecule has 1 aromatic heterocycles. The van der Waals surface area contributed by atoms with Crippen LogP contribution in [0.4, 0.5) is 0 Å². The van der Waals surface area contributed by atoms with Gasteiger partial charge >= 0.3 is 0 Å². The number of aromatic nitrogens is 3. The quantitative estimate of drug-likeness (QED) is 0.665. The monoisotopic (exact) mass is 223 g/mol. The van der Waals surface area contributed by atoms with Gasteiger partial charge in [0.1, 0.15) is 12.2 Å². The number of H-pyrrole nitrogens is 1. The average Bonchev–Trinajstić information content (AvgIpc) is 2.86. The molecular formula is C10H17N5O. The highest BCUT2D eigenvalue weighted by Gasteiger charge is 2.30. The van der Waals surface area contributed by atoms with Gasteiger partial charge in [-0.2, -0.15) is 5.10 Å². The third-order valence-electron chi connectivity index (χ3n) is 3.06. The summed E-state index contributed by atoms with van der Waals surface area (Å²) in [5, 5.41) is 12.7. The van der Waals surface area contributed by atoms with Gasteiger partial charge in [-0.1, -0.05) is 6.92 Å². The van der Waals surface area contributed by atoms with Crippen molar-refractivity contribution in [2.24, 2.45) is 11.8 Å². The minimum absolute atomic E-state index is 0.0605. The Bertz CT molecular complexity index is 350. The van der Waals surface area contributed by atoms with Gasteiger partial charge in [-0.05, 0) is 19.4 Å². The van der Waals surface area contributed by atoms with E-state index in [9.17, 15) is 4.79 Å². The van der Waals surface area contributed by atoms with E-state index in [1.807, 2.05) is 6.92 Å². The van der Waals surface area contributed by atoms with Crippen molar-refractivity contribution in [1.82, 2.24) is 25.8 Å². The molecule has 1 fully saturated rings. The number of nitrogens with one attached hydrogen (secondary N) is 3. The second kappa shape index (κ2) is 4.61. The Balaban J connectivity index is 1.92. The summed E-state index contributed by atoms with van der Waals surface area (Å²) >= 11 is 0. The number of hydrogen-bond donors (Lipinski definition) is 3. The van der Waals surface area contributed by atoms with E-state index in [1.165, 1.54) is 6.33 Å². The summed E-state index contributed by atoms with van der Waals surface area (Å²) in [6.07, 6.45) is 1.44. The van der Waals surface area contributed by atoms with E-state index in [0.717, 1.165) is 13.1 Å². The fourth-order valence-corrected chi connectivity index (χ4v) is 1.97. The highest BCUT2D eigenvalue weighted by atomic mass is 16.2. The van der Waals surface area contributed by atoms with E-state index >= 15 is 0 Å². The zero-order valence-electron chi connectivity index (χ0n) is 9.53. The predicted molar refractivity (Wildman–Crippen MR) is 58.5 cm³/mol. The normalized spacial score (nSPS) is 26.6. The van der Waals surface area contributed by atoms with Crippen LogP contribution >= 0.6 is 0 Å². The molecule has 0 aromatic carbocycles. The summed E-state index contributed by atoms with van der Waals surface area (Å²) in [6, 6.07) is -0.122. The lowest BCUT2D eigenvalue weighted by molar-refractivity contribution is -0.126. The molecule has 2 heterocycles. The molecule has 6 nitrogen and oxygen atoms in total. The fraction of sp³-hybridized carbons (Fsp3) is 0.700. The summed E-state index contributed by atoms with van der Waals surface area (Å²) in [7, 11) is 0. The SMILES string of the molecule is CC(NC(=O)C1CNCC1C)c1ncn[nH]1. The van der Waals surface area contributed by atoms with Crippen LogP contribution in [0.1, 0.15) is 25.7 Å². The Morgan fingerprint density at radius 1 is 1.62 bits per heavy atom. The first kappa shape index (κ1) is 11.1. The molecule has 6 heteroatoms. The van der Waals surface area contributed by atoms with Crippen LogP contribution in [-0.2, 0) is 4.79 Å². The van der Waals surface area contributed by atoms with Crippen molar-refractivity contribution in [3.8, 4) is 0 Å². The third-order valence-corrected chi connectivity index (χ3v) is 3.06. The molecule has 2 rings (SSSR count). The van der Waals surface area contributed by atoms with Crippen LogP contribution in [0.25, 0.3) is 0 Å². The highest BCUT2D eigenvalue weighted by Crippen LogP contribution is 2.17. The average molecular weight is 223 g/mol. The molecule has 1 amide bonds. The largest absolute Gasteiger partial charge is 0.346 e. The molecule has 88 valence electrons. The van der Waals surface area contributed by atoms with E-state index in [1.54, 1.807) is 0 Å². The number of carbonyl (C=O) groups excluding carboxylic acids is 1. The van der Waals surface area contributed by atoms with E-state index in [4.69, 9.17) is 0 Å². The Kier molecular flexibility index (Phi) is 3.19. The number of hydrogen-bond acceptors (Lipinski definition) is 4. The van der Waals surface area contributed by atoms with E-state index in [-0.39, 0.29) is 17.9 Å². The van der Waals surface area contributed by atoms with Crippen LogP contribution in [0.2, 0.25) is 0 Å². The molecule has 0 spiro atoms. The number of nitrogens with zero attached hydrogens (tertiary/aromatic N) is 2. The molecule has 0 aliphatic carbocycles. The van der Waals surface area contributed by atoms with E-state index < -0.39 is 0 Å². The number of carbonyl (C=O) groups is 1. The maximum Gasteiger partial charge on any atom is 0.225 e. The molecule has 3 N–H and O–H groups in total. The molecule has 1 aliphatic heterocycles. The van der Waals surface area contributed by atoms with Gasteiger partial charge in [-0.25, -0.2) is 4.98 Å². The van der Waals surface area contributed by atoms with E-state index in [2.05, 4.69) is 32.7 Å². The third kappa shape index (κ3) is 2.21. The number of rotatable bonds is 3. The van der Waals surface area contributed by atoms with Crippen molar-refractivity contribution in [3.63, 3.8) is 0 Å². The topological polar surface area (TPSA) is 82.7 Å². The zero-order valence-corrected chi connectivity index (χ0v) is 9.53. The summed E-state index contributed by atoms with van der Waals surface area (Å²) < 4.78 is 0. The molecular weight excluding hydrogens is 206 g/mol. The van der Waals surface area contributed by atoms with Gasteiger partial charge in [-0.3, -0.25) is 9.89 Å². The molecule has 1 aliphatic rings. The lowest BCUT2D eigenvalue weighted by Gasteiger charge is -2.17. The summed E-state index contributed by atoms with van der Waals surface area (Å²) in [6.45, 7) is 5.65. The minimum Gasteiger partial charge on any atom is -0.346 e. The summed E-state index contributed by atoms with van der Waals surface area (Å²) in [5.41, 5.74) is 0. The van der Waals surface area contributed by atoms with Crippen LogP contribution in [-0.4, -0.2) is 34.2 Å². The van der Waals surface area contributed by atoms with Crippen molar-refractivity contribution in [2.45, 2.75) is 19.9 Å².